The van der Waals surface area contributed by atoms with E-state index in [1.807, 2.05) is 0 Å². The van der Waals surface area contributed by atoms with Gasteiger partial charge in [0, 0.05) is 19.0 Å². The van der Waals surface area contributed by atoms with Crippen molar-refractivity contribution in [3.8, 4) is 0 Å². The number of hydrogen-bond acceptors (Lipinski definition) is 5. The van der Waals surface area contributed by atoms with Crippen molar-refractivity contribution in [2.75, 3.05) is 6.54 Å². The Hall–Kier alpha value is -3.54. The highest BCUT2D eigenvalue weighted by Crippen LogP contribution is 2.22. The molecule has 0 fully saturated rings. The fourth-order valence-electron chi connectivity index (χ4n) is 2.83. The Kier molecular flexibility index (Phi) is 5.26. The molecule has 2 aromatic carbocycles. The van der Waals surface area contributed by atoms with Gasteiger partial charge >= 0.3 is 5.97 Å². The molecule has 0 saturated carbocycles. The van der Waals surface area contributed by atoms with E-state index >= 15 is 0 Å². The molecule has 0 saturated heterocycles. The van der Waals surface area contributed by atoms with Crippen molar-refractivity contribution in [3.05, 3.63) is 83.1 Å². The van der Waals surface area contributed by atoms with Crippen LogP contribution < -0.4 is 0 Å². The third-order valence-electron chi connectivity index (χ3n) is 4.07. The third-order valence-corrected chi connectivity index (χ3v) is 4.07. The second-order valence-corrected chi connectivity index (χ2v) is 5.95. The van der Waals surface area contributed by atoms with Crippen LogP contribution in [-0.2, 0) is 9.53 Å². The van der Waals surface area contributed by atoms with Gasteiger partial charge in [0.15, 0.2) is 5.76 Å². The number of rotatable bonds is 6. The molecule has 0 aromatic heterocycles. The van der Waals surface area contributed by atoms with E-state index in [-0.39, 0.29) is 30.5 Å². The first-order valence-electron chi connectivity index (χ1n) is 8.42. The molecule has 6 heteroatoms. The van der Waals surface area contributed by atoms with Crippen LogP contribution in [0.25, 0.3) is 0 Å². The highest BCUT2D eigenvalue weighted by molar-refractivity contribution is 6.21. The van der Waals surface area contributed by atoms with Gasteiger partial charge < -0.3 is 4.74 Å². The van der Waals surface area contributed by atoms with E-state index in [9.17, 15) is 19.2 Å². The van der Waals surface area contributed by atoms with Crippen molar-refractivity contribution < 1.29 is 23.9 Å². The van der Waals surface area contributed by atoms with Gasteiger partial charge in [-0.05, 0) is 24.6 Å². The van der Waals surface area contributed by atoms with Gasteiger partial charge in [-0.1, -0.05) is 42.5 Å². The van der Waals surface area contributed by atoms with Crippen molar-refractivity contribution in [2.45, 2.75) is 13.3 Å². The predicted octanol–water partition coefficient (Wildman–Crippen LogP) is 3.00. The van der Waals surface area contributed by atoms with Crippen LogP contribution in [0.2, 0.25) is 0 Å². The fraction of sp³-hybridized carbons (Fsp3) is 0.143. The van der Waals surface area contributed by atoms with Crippen LogP contribution in [0.5, 0.6) is 0 Å². The maximum Gasteiger partial charge on any atom is 0.308 e. The highest BCUT2D eigenvalue weighted by Gasteiger charge is 2.34. The summed E-state index contributed by atoms with van der Waals surface area (Å²) in [6.07, 6.45) is 1.62. The molecule has 0 N–H and O–H groups in total. The van der Waals surface area contributed by atoms with Crippen molar-refractivity contribution in [1.29, 1.82) is 0 Å². The van der Waals surface area contributed by atoms with E-state index < -0.39 is 11.8 Å². The van der Waals surface area contributed by atoms with E-state index in [0.29, 0.717) is 16.7 Å². The standard InChI is InChI=1S/C21H17NO5/c1-14(23)27-18(19(24)15-8-3-2-4-9-15)12-7-13-22-20(25)16-10-5-6-11-17(16)21(22)26/h2-6,8-12H,7,13H2,1H3/b18-12+. The van der Waals surface area contributed by atoms with Crippen molar-refractivity contribution in [1.82, 2.24) is 4.90 Å². The lowest BCUT2D eigenvalue weighted by Gasteiger charge is -2.13. The van der Waals surface area contributed by atoms with Gasteiger partial charge in [-0.25, -0.2) is 0 Å². The molecular weight excluding hydrogens is 346 g/mol. The summed E-state index contributed by atoms with van der Waals surface area (Å²) in [4.78, 5) is 49.7. The number of ketones is 1. The van der Waals surface area contributed by atoms with Gasteiger partial charge in [0.1, 0.15) is 0 Å². The average molecular weight is 363 g/mol. The van der Waals surface area contributed by atoms with Crippen LogP contribution in [0, 0.1) is 0 Å². The van der Waals surface area contributed by atoms with E-state index in [2.05, 4.69) is 0 Å². The molecule has 2 aromatic rings. The van der Waals surface area contributed by atoms with Gasteiger partial charge in [-0.2, -0.15) is 0 Å². The number of carbonyl (C=O) groups is 4. The molecule has 27 heavy (non-hydrogen) atoms. The molecule has 0 atom stereocenters. The Morgan fingerprint density at radius 3 is 2.04 bits per heavy atom. The number of Topliss-reactive ketones (excluding diaryl/α,β-unsaturated/α-hetero) is 1. The maximum atomic E-state index is 12.5. The van der Waals surface area contributed by atoms with Crippen molar-refractivity contribution in [3.63, 3.8) is 0 Å². The van der Waals surface area contributed by atoms with Crippen LogP contribution >= 0.6 is 0 Å². The number of imide groups is 1. The molecule has 0 spiro atoms. The van der Waals surface area contributed by atoms with Crippen LogP contribution in [0.4, 0.5) is 0 Å². The van der Waals surface area contributed by atoms with Gasteiger partial charge in [-0.3, -0.25) is 24.1 Å². The molecular formula is C21H17NO5. The van der Waals surface area contributed by atoms with Gasteiger partial charge in [-0.15, -0.1) is 0 Å². The first kappa shape index (κ1) is 18.3. The minimum absolute atomic E-state index is 0.0825. The van der Waals surface area contributed by atoms with Crippen LogP contribution in [0.1, 0.15) is 44.4 Å². The largest absolute Gasteiger partial charge is 0.423 e. The molecule has 136 valence electrons. The SMILES string of the molecule is CC(=O)O/C(=C/CCN1C(=O)c2ccccc2C1=O)C(=O)c1ccccc1. The number of benzene rings is 2. The molecule has 1 aliphatic heterocycles. The lowest BCUT2D eigenvalue weighted by atomic mass is 10.1. The number of esters is 1. The molecule has 0 aliphatic carbocycles. The summed E-state index contributed by atoms with van der Waals surface area (Å²) < 4.78 is 5.03. The quantitative estimate of drug-likeness (QED) is 0.259. The summed E-state index contributed by atoms with van der Waals surface area (Å²) >= 11 is 0. The Morgan fingerprint density at radius 1 is 0.926 bits per heavy atom. The molecule has 0 bridgehead atoms. The number of amides is 2. The number of carbonyl (C=O) groups excluding carboxylic acids is 4. The molecule has 1 heterocycles. The molecule has 2 amide bonds. The van der Waals surface area contributed by atoms with Gasteiger partial charge in [0.25, 0.3) is 11.8 Å². The Labute approximate surface area is 156 Å². The molecule has 0 radical (unpaired) electrons. The number of allylic oxidation sites excluding steroid dienone is 1. The number of fused-ring (bicyclic) bond motifs is 1. The summed E-state index contributed by atoms with van der Waals surface area (Å²) in [6.45, 7) is 1.29. The predicted molar refractivity (Wildman–Crippen MR) is 97.0 cm³/mol. The van der Waals surface area contributed by atoms with Gasteiger partial charge in [0.2, 0.25) is 5.78 Å². The summed E-state index contributed by atoms with van der Waals surface area (Å²) in [5.41, 5.74) is 1.12. The van der Waals surface area contributed by atoms with Crippen molar-refractivity contribution in [2.24, 2.45) is 0 Å². The molecule has 3 rings (SSSR count). The Morgan fingerprint density at radius 2 is 1.48 bits per heavy atom. The van der Waals surface area contributed by atoms with Crippen LogP contribution in [0.3, 0.4) is 0 Å². The number of ether oxygens (including phenoxy) is 1. The summed E-state index contributed by atoms with van der Waals surface area (Å²) in [5, 5.41) is 0. The number of hydrogen-bond donors (Lipinski definition) is 0. The summed E-state index contributed by atoms with van der Waals surface area (Å²) in [5.74, 6) is -1.91. The number of nitrogens with zero attached hydrogens (tertiary/aromatic N) is 1. The van der Waals surface area contributed by atoms with E-state index in [4.69, 9.17) is 4.74 Å². The average Bonchev–Trinajstić information content (AvgIpc) is 2.92. The minimum atomic E-state index is -0.619. The lowest BCUT2D eigenvalue weighted by molar-refractivity contribution is -0.136. The molecule has 1 aliphatic rings. The van der Waals surface area contributed by atoms with Gasteiger partial charge in [0.05, 0.1) is 11.1 Å². The summed E-state index contributed by atoms with van der Waals surface area (Å²) in [7, 11) is 0. The summed E-state index contributed by atoms with van der Waals surface area (Å²) in [6, 6.07) is 15.0. The first-order chi connectivity index (χ1) is 13.0. The van der Waals surface area contributed by atoms with E-state index in [0.717, 1.165) is 4.90 Å². The zero-order valence-corrected chi connectivity index (χ0v) is 14.7. The first-order valence-corrected chi connectivity index (χ1v) is 8.42. The minimum Gasteiger partial charge on any atom is -0.423 e. The highest BCUT2D eigenvalue weighted by atomic mass is 16.5. The third kappa shape index (κ3) is 3.84. The smallest absolute Gasteiger partial charge is 0.308 e. The van der Waals surface area contributed by atoms with Crippen LogP contribution in [-0.4, -0.2) is 35.0 Å². The van der Waals surface area contributed by atoms with Crippen molar-refractivity contribution >= 4 is 23.6 Å². The fourth-order valence-corrected chi connectivity index (χ4v) is 2.83. The second-order valence-electron chi connectivity index (χ2n) is 5.95. The normalized spacial score (nSPS) is 13.5. The Bertz CT molecular complexity index is 911. The van der Waals surface area contributed by atoms with E-state index in [1.165, 1.54) is 13.0 Å². The van der Waals surface area contributed by atoms with Crippen LogP contribution in [0.15, 0.2) is 66.4 Å². The monoisotopic (exact) mass is 363 g/mol. The zero-order valence-electron chi connectivity index (χ0n) is 14.7. The van der Waals surface area contributed by atoms with E-state index in [1.54, 1.807) is 54.6 Å². The molecule has 6 nitrogen and oxygen atoms in total. The maximum absolute atomic E-state index is 12.5. The second kappa shape index (κ2) is 7.78. The topological polar surface area (TPSA) is 80.8 Å². The zero-order chi connectivity index (χ0) is 19.4. The Balaban J connectivity index is 1.74. The lowest BCUT2D eigenvalue weighted by Crippen LogP contribution is -2.30. The molecule has 0 unspecified atom stereocenters.